The van der Waals surface area contributed by atoms with E-state index in [-0.39, 0.29) is 43.3 Å². The number of ether oxygens (including phenoxy) is 1. The Kier molecular flexibility index (Phi) is 9.35. The molecule has 182 valence electrons. The summed E-state index contributed by atoms with van der Waals surface area (Å²) in [5, 5.41) is 1.09. The molecule has 4 rings (SSSR count). The van der Waals surface area contributed by atoms with Gasteiger partial charge in [0.1, 0.15) is 12.4 Å². The lowest BCUT2D eigenvalue weighted by molar-refractivity contribution is 0.321. The Morgan fingerprint density at radius 1 is 1.06 bits per heavy atom. The zero-order valence-electron chi connectivity index (χ0n) is 18.4. The fourth-order valence-corrected chi connectivity index (χ4v) is 5.84. The van der Waals surface area contributed by atoms with Crippen LogP contribution < -0.4 is 15.2 Å². The first-order valence-electron chi connectivity index (χ1n) is 11.2. The number of sulfonamides is 1. The van der Waals surface area contributed by atoms with Gasteiger partial charge in [-0.15, -0.1) is 12.4 Å². The van der Waals surface area contributed by atoms with Gasteiger partial charge < -0.3 is 10.5 Å². The van der Waals surface area contributed by atoms with Crippen molar-refractivity contribution in [2.75, 3.05) is 18.9 Å². The van der Waals surface area contributed by atoms with Crippen LogP contribution in [0.2, 0.25) is 10.0 Å². The minimum atomic E-state index is -3.23. The predicted molar refractivity (Wildman–Crippen MR) is 138 cm³/mol. The Bertz CT molecular complexity index is 1060. The monoisotopic (exact) mass is 532 g/mol. The van der Waals surface area contributed by atoms with Crippen molar-refractivity contribution in [1.29, 1.82) is 0 Å². The van der Waals surface area contributed by atoms with Gasteiger partial charge in [-0.05, 0) is 72.6 Å². The van der Waals surface area contributed by atoms with Gasteiger partial charge in [0.15, 0.2) is 0 Å². The Morgan fingerprint density at radius 2 is 1.85 bits per heavy atom. The number of nitrogens with one attached hydrogen (secondary N) is 1. The fourth-order valence-electron chi connectivity index (χ4n) is 4.34. The molecule has 2 aliphatic carbocycles. The second-order valence-corrected chi connectivity index (χ2v) is 11.7. The summed E-state index contributed by atoms with van der Waals surface area (Å²) in [4.78, 5) is 0. The van der Waals surface area contributed by atoms with Gasteiger partial charge in [-0.1, -0.05) is 48.2 Å². The van der Waals surface area contributed by atoms with Crippen LogP contribution in [0.4, 0.5) is 0 Å². The van der Waals surface area contributed by atoms with Crippen LogP contribution >= 0.6 is 35.6 Å². The second-order valence-electron chi connectivity index (χ2n) is 8.92. The number of benzene rings is 2. The number of hydrogen-bond donors (Lipinski definition) is 2. The molecule has 3 N–H and O–H groups in total. The van der Waals surface area contributed by atoms with E-state index in [1.165, 1.54) is 11.1 Å². The second kappa shape index (κ2) is 11.6. The first-order chi connectivity index (χ1) is 15.3. The molecule has 9 heteroatoms. The summed E-state index contributed by atoms with van der Waals surface area (Å²) in [7, 11) is -3.23. The zero-order chi connectivity index (χ0) is 22.7. The van der Waals surface area contributed by atoms with Crippen LogP contribution in [0.25, 0.3) is 0 Å². The third kappa shape index (κ3) is 7.48. The molecule has 0 aromatic heterocycles. The lowest BCUT2D eigenvalue weighted by Crippen LogP contribution is -2.34. The van der Waals surface area contributed by atoms with Crippen molar-refractivity contribution >= 4 is 45.6 Å². The molecule has 1 saturated carbocycles. The molecule has 2 aromatic carbocycles. The largest absolute Gasteiger partial charge is 0.492 e. The van der Waals surface area contributed by atoms with Gasteiger partial charge in [0, 0.05) is 18.5 Å². The highest BCUT2D eigenvalue weighted by Crippen LogP contribution is 2.36. The van der Waals surface area contributed by atoms with E-state index in [1.807, 2.05) is 24.3 Å². The molecule has 2 aromatic rings. The average Bonchev–Trinajstić information content (AvgIpc) is 3.59. The molecule has 1 fully saturated rings. The van der Waals surface area contributed by atoms with E-state index >= 15 is 0 Å². The van der Waals surface area contributed by atoms with E-state index < -0.39 is 10.0 Å². The maximum Gasteiger partial charge on any atom is 0.211 e. The first-order valence-corrected chi connectivity index (χ1v) is 13.6. The van der Waals surface area contributed by atoms with Crippen LogP contribution in [-0.4, -0.2) is 33.4 Å². The van der Waals surface area contributed by atoms with E-state index in [2.05, 4.69) is 16.9 Å². The number of rotatable bonds is 10. The molecule has 0 heterocycles. The lowest BCUT2D eigenvalue weighted by Gasteiger charge is -2.32. The van der Waals surface area contributed by atoms with Gasteiger partial charge in [-0.2, -0.15) is 0 Å². The summed E-state index contributed by atoms with van der Waals surface area (Å²) in [6.45, 7) is 0.543. The molecule has 0 aliphatic heterocycles. The standard InChI is InChI=1S/C24H30Cl2N2O3S.ClH/c25-22-7-3-17(14-23(22)26)13-21-20-15-19(6-4-18(20)5-8-24(21)27)31-11-10-28-32(29,30)12-9-16-1-2-16;/h3-4,6-7,14-16,21,24,28H,1-2,5,8-13,27H2;1H. The summed E-state index contributed by atoms with van der Waals surface area (Å²) >= 11 is 12.3. The predicted octanol–water partition coefficient (Wildman–Crippen LogP) is 5.11. The van der Waals surface area contributed by atoms with E-state index in [0.717, 1.165) is 49.8 Å². The molecular weight excluding hydrogens is 503 g/mol. The van der Waals surface area contributed by atoms with E-state index in [0.29, 0.717) is 16.0 Å². The highest BCUT2D eigenvalue weighted by molar-refractivity contribution is 7.89. The molecule has 0 bridgehead atoms. The van der Waals surface area contributed by atoms with Crippen molar-refractivity contribution in [1.82, 2.24) is 4.72 Å². The van der Waals surface area contributed by atoms with Crippen molar-refractivity contribution in [3.05, 3.63) is 63.1 Å². The Morgan fingerprint density at radius 3 is 2.58 bits per heavy atom. The maximum absolute atomic E-state index is 12.1. The zero-order valence-corrected chi connectivity index (χ0v) is 21.6. The normalized spacial score (nSPS) is 20.1. The number of aryl methyl sites for hydroxylation is 1. The third-order valence-electron chi connectivity index (χ3n) is 6.40. The van der Waals surface area contributed by atoms with Crippen LogP contribution in [0.1, 0.15) is 48.3 Å². The van der Waals surface area contributed by atoms with Gasteiger partial charge in [0.2, 0.25) is 10.0 Å². The molecule has 2 unspecified atom stereocenters. The summed E-state index contributed by atoms with van der Waals surface area (Å²) in [5.41, 5.74) is 10.1. The topological polar surface area (TPSA) is 81.4 Å². The molecule has 0 radical (unpaired) electrons. The van der Waals surface area contributed by atoms with Gasteiger partial charge in [-0.25, -0.2) is 13.1 Å². The summed E-state index contributed by atoms with van der Waals surface area (Å²) in [5.74, 6) is 1.68. The minimum absolute atomic E-state index is 0. The SMILES string of the molecule is Cl.NC1CCc2ccc(OCCNS(=O)(=O)CCC3CC3)cc2C1Cc1ccc(Cl)c(Cl)c1. The average molecular weight is 534 g/mol. The summed E-state index contributed by atoms with van der Waals surface area (Å²) < 4.78 is 32.6. The minimum Gasteiger partial charge on any atom is -0.492 e. The molecule has 33 heavy (non-hydrogen) atoms. The lowest BCUT2D eigenvalue weighted by atomic mass is 9.76. The Balaban J connectivity index is 0.00000306. The fraction of sp³-hybridized carbons (Fsp3) is 0.500. The third-order valence-corrected chi connectivity index (χ3v) is 8.56. The van der Waals surface area contributed by atoms with Crippen LogP contribution in [0.5, 0.6) is 5.75 Å². The summed E-state index contributed by atoms with van der Waals surface area (Å²) in [6, 6.07) is 11.9. The maximum atomic E-state index is 12.1. The summed E-state index contributed by atoms with van der Waals surface area (Å²) in [6.07, 6.45) is 5.72. The molecule has 2 atom stereocenters. The number of fused-ring (bicyclic) bond motifs is 1. The van der Waals surface area contributed by atoms with Gasteiger partial charge in [0.25, 0.3) is 0 Å². The van der Waals surface area contributed by atoms with Crippen molar-refractivity contribution in [2.45, 2.75) is 50.5 Å². The molecule has 2 aliphatic rings. The van der Waals surface area contributed by atoms with Gasteiger partial charge in [0.05, 0.1) is 15.8 Å². The van der Waals surface area contributed by atoms with Gasteiger partial charge >= 0.3 is 0 Å². The highest BCUT2D eigenvalue weighted by atomic mass is 35.5. The van der Waals surface area contributed by atoms with Crippen molar-refractivity contribution in [3.63, 3.8) is 0 Å². The number of hydrogen-bond acceptors (Lipinski definition) is 4. The number of halogens is 3. The van der Waals surface area contributed by atoms with Crippen molar-refractivity contribution in [3.8, 4) is 5.75 Å². The van der Waals surface area contributed by atoms with E-state index in [1.54, 1.807) is 0 Å². The quantitative estimate of drug-likeness (QED) is 0.416. The highest BCUT2D eigenvalue weighted by Gasteiger charge is 2.28. The van der Waals surface area contributed by atoms with Crippen molar-refractivity contribution in [2.24, 2.45) is 11.7 Å². The first kappa shape index (κ1) is 26.6. The molecule has 5 nitrogen and oxygen atoms in total. The van der Waals surface area contributed by atoms with Crippen molar-refractivity contribution < 1.29 is 13.2 Å². The molecular formula is C24H31Cl3N2O3S. The molecule has 0 saturated heterocycles. The Labute approximate surface area is 212 Å². The van der Waals surface area contributed by atoms with E-state index in [4.69, 9.17) is 33.7 Å². The Hall–Kier alpha value is -1.02. The molecule has 0 amide bonds. The number of nitrogens with two attached hydrogens (primary N) is 1. The van der Waals surface area contributed by atoms with Crippen LogP contribution in [0.3, 0.4) is 0 Å². The van der Waals surface area contributed by atoms with Crippen LogP contribution in [-0.2, 0) is 22.9 Å². The molecule has 0 spiro atoms. The van der Waals surface area contributed by atoms with Crippen LogP contribution in [0.15, 0.2) is 36.4 Å². The van der Waals surface area contributed by atoms with Gasteiger partial charge in [-0.3, -0.25) is 0 Å². The smallest absolute Gasteiger partial charge is 0.211 e. The van der Waals surface area contributed by atoms with Crippen LogP contribution in [0, 0.1) is 5.92 Å². The van der Waals surface area contributed by atoms with E-state index in [9.17, 15) is 8.42 Å².